The monoisotopic (exact) mass is 654 g/mol. The lowest BCUT2D eigenvalue weighted by Gasteiger charge is -2.47. The number of carbonyl (C=O) groups excluding carboxylic acids is 3. The molecule has 5 rings (SSSR count). The van der Waals surface area contributed by atoms with Crippen LogP contribution in [0.5, 0.6) is 0 Å². The third-order valence-electron chi connectivity index (χ3n) is 7.66. The van der Waals surface area contributed by atoms with Gasteiger partial charge in [-0.3, -0.25) is 0 Å². The van der Waals surface area contributed by atoms with Crippen LogP contribution in [0.1, 0.15) is 31.1 Å². The molecule has 47 heavy (non-hydrogen) atoms. The standard InChI is InChI=1S/C33H34O14/c34-16-21-23(36)25(27(32(41)42-21)45-30(39)19-12-6-2-7-13-19)47-33-28(46-31(40)20-14-8-3-9-15-20)26(24(37)22(17-35)43-33)44-29(38)18-10-4-1-5-11-18/h1-15,21-28,32-37,41H,16-17H2/t21-,22-,23+,24+,25+,26+,27-,28-,32-,33-/m1/s1. The van der Waals surface area contributed by atoms with Crippen molar-refractivity contribution in [3.8, 4) is 0 Å². The predicted molar refractivity (Wildman–Crippen MR) is 158 cm³/mol. The number of aliphatic hydroxyl groups excluding tert-OH is 5. The van der Waals surface area contributed by atoms with Crippen molar-refractivity contribution in [1.29, 1.82) is 0 Å². The number of hydrogen-bond donors (Lipinski definition) is 5. The first-order valence-electron chi connectivity index (χ1n) is 14.7. The first kappa shape index (κ1) is 34.1. The summed E-state index contributed by atoms with van der Waals surface area (Å²) in [5.41, 5.74) is 0.269. The molecule has 5 N–H and O–H groups in total. The second kappa shape index (κ2) is 15.6. The Morgan fingerprint density at radius 2 is 0.915 bits per heavy atom. The van der Waals surface area contributed by atoms with Crippen LogP contribution in [0.2, 0.25) is 0 Å². The van der Waals surface area contributed by atoms with E-state index in [1.165, 1.54) is 36.4 Å². The summed E-state index contributed by atoms with van der Waals surface area (Å²) < 4.78 is 33.9. The Labute approximate surface area is 268 Å². The maximum atomic E-state index is 13.3. The molecule has 2 fully saturated rings. The van der Waals surface area contributed by atoms with E-state index in [2.05, 4.69) is 0 Å². The Bertz CT molecular complexity index is 1470. The van der Waals surface area contributed by atoms with Gasteiger partial charge in [-0.25, -0.2) is 14.4 Å². The molecule has 2 aliphatic rings. The van der Waals surface area contributed by atoms with Gasteiger partial charge in [0.2, 0.25) is 0 Å². The Balaban J connectivity index is 1.49. The number of esters is 3. The zero-order chi connectivity index (χ0) is 33.5. The van der Waals surface area contributed by atoms with Crippen molar-refractivity contribution in [3.63, 3.8) is 0 Å². The Kier molecular flexibility index (Phi) is 11.3. The molecule has 2 saturated heterocycles. The number of rotatable bonds is 10. The fourth-order valence-electron chi connectivity index (χ4n) is 5.20. The van der Waals surface area contributed by atoms with Gasteiger partial charge < -0.3 is 54.0 Å². The molecule has 0 unspecified atom stereocenters. The van der Waals surface area contributed by atoms with Crippen molar-refractivity contribution in [2.45, 2.75) is 61.4 Å². The smallest absolute Gasteiger partial charge is 0.338 e. The zero-order valence-electron chi connectivity index (χ0n) is 24.8. The minimum atomic E-state index is -1.92. The van der Waals surface area contributed by atoms with Crippen LogP contribution in [0.15, 0.2) is 91.0 Å². The fraction of sp³-hybridized carbons (Fsp3) is 0.364. The second-order valence-electron chi connectivity index (χ2n) is 10.8. The molecule has 0 saturated carbocycles. The normalized spacial score (nSPS) is 30.6. The third-order valence-corrected chi connectivity index (χ3v) is 7.66. The summed E-state index contributed by atoms with van der Waals surface area (Å²) >= 11 is 0. The van der Waals surface area contributed by atoms with Crippen molar-refractivity contribution in [1.82, 2.24) is 0 Å². The molecule has 0 aliphatic carbocycles. The van der Waals surface area contributed by atoms with Gasteiger partial charge in [-0.1, -0.05) is 54.6 Å². The largest absolute Gasteiger partial charge is 0.452 e. The van der Waals surface area contributed by atoms with Crippen molar-refractivity contribution in [3.05, 3.63) is 108 Å². The number of ether oxygens (including phenoxy) is 6. The summed E-state index contributed by atoms with van der Waals surface area (Å²) in [5, 5.41) is 53.0. The van der Waals surface area contributed by atoms with E-state index in [4.69, 9.17) is 28.4 Å². The molecule has 0 bridgehead atoms. The lowest BCUT2D eigenvalue weighted by molar-refractivity contribution is -0.353. The van der Waals surface area contributed by atoms with Gasteiger partial charge in [0.05, 0.1) is 29.9 Å². The number of aliphatic hydroxyl groups is 5. The van der Waals surface area contributed by atoms with Crippen molar-refractivity contribution in [2.75, 3.05) is 13.2 Å². The van der Waals surface area contributed by atoms with E-state index < -0.39 is 92.5 Å². The van der Waals surface area contributed by atoms with Gasteiger partial charge in [-0.05, 0) is 36.4 Å². The molecular weight excluding hydrogens is 620 g/mol. The van der Waals surface area contributed by atoms with Crippen LogP contribution in [-0.2, 0) is 28.4 Å². The van der Waals surface area contributed by atoms with Crippen molar-refractivity contribution in [2.24, 2.45) is 0 Å². The molecule has 3 aromatic rings. The molecule has 0 radical (unpaired) electrons. The molecule has 250 valence electrons. The third kappa shape index (κ3) is 7.84. The molecule has 14 heteroatoms. The van der Waals surface area contributed by atoms with Gasteiger partial charge in [0.1, 0.15) is 30.5 Å². The average molecular weight is 655 g/mol. The number of hydrogen-bond acceptors (Lipinski definition) is 14. The Hall–Kier alpha value is -4.25. The fourth-order valence-corrected chi connectivity index (χ4v) is 5.20. The lowest BCUT2D eigenvalue weighted by Crippen LogP contribution is -2.66. The van der Waals surface area contributed by atoms with E-state index in [0.29, 0.717) is 0 Å². The Morgan fingerprint density at radius 3 is 1.36 bits per heavy atom. The summed E-state index contributed by atoms with van der Waals surface area (Å²) in [6.45, 7) is -1.60. The highest BCUT2D eigenvalue weighted by molar-refractivity contribution is 5.90. The van der Waals surface area contributed by atoms with Gasteiger partial charge in [0, 0.05) is 0 Å². The highest BCUT2D eigenvalue weighted by Crippen LogP contribution is 2.33. The molecule has 2 heterocycles. The summed E-state index contributed by atoms with van der Waals surface area (Å²) in [4.78, 5) is 39.4. The van der Waals surface area contributed by atoms with Crippen molar-refractivity contribution < 1.29 is 68.3 Å². The zero-order valence-corrected chi connectivity index (χ0v) is 24.8. The van der Waals surface area contributed by atoms with Gasteiger partial charge >= 0.3 is 17.9 Å². The van der Waals surface area contributed by atoms with Gasteiger partial charge in [-0.2, -0.15) is 0 Å². The topological polar surface area (TPSA) is 208 Å². The maximum absolute atomic E-state index is 13.3. The minimum Gasteiger partial charge on any atom is -0.452 e. The first-order valence-corrected chi connectivity index (χ1v) is 14.7. The van der Waals surface area contributed by atoms with Crippen LogP contribution in [0.3, 0.4) is 0 Å². The van der Waals surface area contributed by atoms with Crippen LogP contribution < -0.4 is 0 Å². The average Bonchev–Trinajstić information content (AvgIpc) is 3.10. The number of benzene rings is 3. The van der Waals surface area contributed by atoms with E-state index in [1.807, 2.05) is 0 Å². The molecule has 2 aliphatic heterocycles. The maximum Gasteiger partial charge on any atom is 0.338 e. The van der Waals surface area contributed by atoms with E-state index in [9.17, 15) is 39.9 Å². The molecule has 14 nitrogen and oxygen atoms in total. The lowest BCUT2D eigenvalue weighted by atomic mass is 9.96. The van der Waals surface area contributed by atoms with Crippen LogP contribution in [0.25, 0.3) is 0 Å². The second-order valence-corrected chi connectivity index (χ2v) is 10.8. The SMILES string of the molecule is O=C(O[C@@H]1[C@@H](O[C@H]2O[C@H](CO)[C@H](O)[C@H](OC(=O)c3ccccc3)[C@H]2OC(=O)c2ccccc2)[C@@H](O)[C@@H](CO)O[C@H]1O)c1ccccc1. The quantitative estimate of drug-likeness (QED) is 0.146. The molecular formula is C33H34O14. The highest BCUT2D eigenvalue weighted by atomic mass is 16.7. The summed E-state index contributed by atoms with van der Waals surface area (Å²) in [6, 6.07) is 23.2. The van der Waals surface area contributed by atoms with Crippen LogP contribution in [0, 0.1) is 0 Å². The van der Waals surface area contributed by atoms with E-state index in [0.717, 1.165) is 0 Å². The summed E-state index contributed by atoms with van der Waals surface area (Å²) in [5.74, 6) is -2.77. The summed E-state index contributed by atoms with van der Waals surface area (Å²) in [7, 11) is 0. The van der Waals surface area contributed by atoms with Crippen LogP contribution >= 0.6 is 0 Å². The van der Waals surface area contributed by atoms with Crippen LogP contribution in [-0.4, -0.2) is 118 Å². The first-order chi connectivity index (χ1) is 22.7. The molecule has 0 spiro atoms. The molecule has 0 amide bonds. The van der Waals surface area contributed by atoms with E-state index in [-0.39, 0.29) is 16.7 Å². The van der Waals surface area contributed by atoms with E-state index in [1.54, 1.807) is 54.6 Å². The predicted octanol–water partition coefficient (Wildman–Crippen LogP) is 0.197. The molecule has 0 aromatic heterocycles. The van der Waals surface area contributed by atoms with Gasteiger partial charge in [-0.15, -0.1) is 0 Å². The molecule has 3 aromatic carbocycles. The number of carbonyl (C=O) groups is 3. The van der Waals surface area contributed by atoms with Crippen molar-refractivity contribution >= 4 is 17.9 Å². The minimum absolute atomic E-state index is 0.0784. The highest BCUT2D eigenvalue weighted by Gasteiger charge is 2.55. The molecule has 10 atom stereocenters. The Morgan fingerprint density at radius 1 is 0.532 bits per heavy atom. The summed E-state index contributed by atoms with van der Waals surface area (Å²) in [6.07, 6.45) is -17.1. The van der Waals surface area contributed by atoms with Crippen LogP contribution in [0.4, 0.5) is 0 Å². The van der Waals surface area contributed by atoms with Gasteiger partial charge in [0.25, 0.3) is 0 Å². The van der Waals surface area contributed by atoms with Gasteiger partial charge in [0.15, 0.2) is 30.9 Å². The van der Waals surface area contributed by atoms with E-state index >= 15 is 0 Å².